The molecule has 1 aliphatic heterocycles. The molecule has 2 amide bonds. The zero-order chi connectivity index (χ0) is 17.1. The molecule has 3 rings (SSSR count). The summed E-state index contributed by atoms with van der Waals surface area (Å²) in [5.41, 5.74) is 2.40. The number of anilines is 2. The van der Waals surface area contributed by atoms with Gasteiger partial charge in [-0.25, -0.2) is 4.39 Å². The van der Waals surface area contributed by atoms with E-state index in [0.29, 0.717) is 12.2 Å². The van der Waals surface area contributed by atoms with E-state index in [1.807, 2.05) is 24.3 Å². The largest absolute Gasteiger partial charge is 0.326 e. The van der Waals surface area contributed by atoms with E-state index in [2.05, 4.69) is 12.2 Å². The van der Waals surface area contributed by atoms with Gasteiger partial charge in [-0.2, -0.15) is 0 Å². The van der Waals surface area contributed by atoms with E-state index in [1.165, 1.54) is 23.8 Å². The molecule has 4 nitrogen and oxygen atoms in total. The fourth-order valence-corrected chi connectivity index (χ4v) is 2.85. The van der Waals surface area contributed by atoms with Crippen molar-refractivity contribution < 1.29 is 14.0 Å². The highest BCUT2D eigenvalue weighted by Gasteiger charge is 2.35. The average molecular weight is 326 g/mol. The maximum absolute atomic E-state index is 13.2. The average Bonchev–Trinajstić information content (AvgIpc) is 2.97. The lowest BCUT2D eigenvalue weighted by atomic mass is 10.1. The van der Waals surface area contributed by atoms with Gasteiger partial charge in [0, 0.05) is 24.3 Å². The molecule has 1 aliphatic rings. The summed E-state index contributed by atoms with van der Waals surface area (Å²) in [6, 6.07) is 13.5. The SMILES string of the molecule is CCc1ccc(N2C[C@H](C(=O)Nc3cccc(F)c3)CC2=O)cc1. The number of nitrogens with one attached hydrogen (secondary N) is 1. The van der Waals surface area contributed by atoms with Crippen LogP contribution in [0.15, 0.2) is 48.5 Å². The van der Waals surface area contributed by atoms with Crippen LogP contribution in [0.1, 0.15) is 18.9 Å². The molecule has 24 heavy (non-hydrogen) atoms. The van der Waals surface area contributed by atoms with Gasteiger partial charge in [0.05, 0.1) is 5.92 Å². The summed E-state index contributed by atoms with van der Waals surface area (Å²) >= 11 is 0. The number of rotatable bonds is 4. The minimum absolute atomic E-state index is 0.0707. The van der Waals surface area contributed by atoms with Gasteiger partial charge in [-0.05, 0) is 42.3 Å². The zero-order valence-corrected chi connectivity index (χ0v) is 13.5. The maximum Gasteiger partial charge on any atom is 0.229 e. The van der Waals surface area contributed by atoms with Gasteiger partial charge in [0.15, 0.2) is 0 Å². The van der Waals surface area contributed by atoms with Gasteiger partial charge >= 0.3 is 0 Å². The Kier molecular flexibility index (Phi) is 4.60. The van der Waals surface area contributed by atoms with Crippen molar-refractivity contribution in [3.63, 3.8) is 0 Å². The number of hydrogen-bond donors (Lipinski definition) is 1. The van der Waals surface area contributed by atoms with Crippen molar-refractivity contribution in [2.24, 2.45) is 5.92 Å². The Morgan fingerprint density at radius 2 is 2.00 bits per heavy atom. The van der Waals surface area contributed by atoms with Gasteiger partial charge in [-0.15, -0.1) is 0 Å². The Bertz CT molecular complexity index is 758. The lowest BCUT2D eigenvalue weighted by Crippen LogP contribution is -2.28. The monoisotopic (exact) mass is 326 g/mol. The Balaban J connectivity index is 1.68. The highest BCUT2D eigenvalue weighted by Crippen LogP contribution is 2.26. The number of amides is 2. The van der Waals surface area contributed by atoms with Crippen LogP contribution in [0.5, 0.6) is 0 Å². The molecule has 0 bridgehead atoms. The molecule has 0 saturated carbocycles. The van der Waals surface area contributed by atoms with Crippen molar-refractivity contribution >= 4 is 23.2 Å². The van der Waals surface area contributed by atoms with Crippen LogP contribution in [0.3, 0.4) is 0 Å². The molecule has 2 aromatic rings. The fraction of sp³-hybridized carbons (Fsp3) is 0.263. The first-order valence-electron chi connectivity index (χ1n) is 8.02. The molecule has 2 aromatic carbocycles. The fourth-order valence-electron chi connectivity index (χ4n) is 2.85. The van der Waals surface area contributed by atoms with Crippen molar-refractivity contribution in [3.8, 4) is 0 Å². The second kappa shape index (κ2) is 6.83. The van der Waals surface area contributed by atoms with E-state index < -0.39 is 11.7 Å². The highest BCUT2D eigenvalue weighted by atomic mass is 19.1. The molecule has 1 heterocycles. The van der Waals surface area contributed by atoms with Gasteiger partial charge in [-0.3, -0.25) is 9.59 Å². The second-order valence-electron chi connectivity index (χ2n) is 5.92. The van der Waals surface area contributed by atoms with Crippen LogP contribution in [0.2, 0.25) is 0 Å². The number of halogens is 1. The normalized spacial score (nSPS) is 17.2. The van der Waals surface area contributed by atoms with E-state index in [1.54, 1.807) is 11.0 Å². The topological polar surface area (TPSA) is 49.4 Å². The number of carbonyl (C=O) groups excluding carboxylic acids is 2. The van der Waals surface area contributed by atoms with E-state index >= 15 is 0 Å². The molecule has 5 heteroatoms. The molecule has 1 fully saturated rings. The van der Waals surface area contributed by atoms with Crippen LogP contribution < -0.4 is 10.2 Å². The summed E-state index contributed by atoms with van der Waals surface area (Å²) < 4.78 is 13.2. The van der Waals surface area contributed by atoms with E-state index in [0.717, 1.165) is 12.1 Å². The Morgan fingerprint density at radius 3 is 2.67 bits per heavy atom. The summed E-state index contributed by atoms with van der Waals surface area (Å²) in [4.78, 5) is 26.2. The van der Waals surface area contributed by atoms with Crippen LogP contribution in [0.25, 0.3) is 0 Å². The first-order chi connectivity index (χ1) is 11.6. The predicted octanol–water partition coefficient (Wildman–Crippen LogP) is 3.38. The van der Waals surface area contributed by atoms with Gasteiger partial charge in [-0.1, -0.05) is 25.1 Å². The molecule has 0 unspecified atom stereocenters. The molecule has 1 saturated heterocycles. The molecule has 1 N–H and O–H groups in total. The zero-order valence-electron chi connectivity index (χ0n) is 13.5. The van der Waals surface area contributed by atoms with Crippen LogP contribution in [-0.4, -0.2) is 18.4 Å². The Labute approximate surface area is 140 Å². The van der Waals surface area contributed by atoms with Gasteiger partial charge in [0.25, 0.3) is 0 Å². The van der Waals surface area contributed by atoms with Crippen LogP contribution in [0, 0.1) is 11.7 Å². The minimum atomic E-state index is -0.438. The molecule has 0 spiro atoms. The smallest absolute Gasteiger partial charge is 0.229 e. The molecule has 0 aliphatic carbocycles. The predicted molar refractivity (Wildman–Crippen MR) is 91.3 cm³/mol. The summed E-state index contributed by atoms with van der Waals surface area (Å²) in [6.07, 6.45) is 1.10. The summed E-state index contributed by atoms with van der Waals surface area (Å²) in [6.45, 7) is 2.41. The first-order valence-corrected chi connectivity index (χ1v) is 8.02. The second-order valence-corrected chi connectivity index (χ2v) is 5.92. The summed E-state index contributed by atoms with van der Waals surface area (Å²) in [7, 11) is 0. The highest BCUT2D eigenvalue weighted by molar-refractivity contribution is 6.03. The van der Waals surface area contributed by atoms with Crippen LogP contribution >= 0.6 is 0 Å². The Hall–Kier alpha value is -2.69. The van der Waals surface area contributed by atoms with Crippen LogP contribution in [0.4, 0.5) is 15.8 Å². The van der Waals surface area contributed by atoms with Gasteiger partial charge < -0.3 is 10.2 Å². The van der Waals surface area contributed by atoms with E-state index in [-0.39, 0.29) is 18.2 Å². The number of aryl methyl sites for hydroxylation is 1. The molecule has 0 aromatic heterocycles. The van der Waals surface area contributed by atoms with E-state index in [4.69, 9.17) is 0 Å². The first kappa shape index (κ1) is 16.2. The van der Waals surface area contributed by atoms with E-state index in [9.17, 15) is 14.0 Å². The number of nitrogens with zero attached hydrogens (tertiary/aromatic N) is 1. The molecule has 124 valence electrons. The number of benzene rings is 2. The van der Waals surface area contributed by atoms with Crippen molar-refractivity contribution in [1.29, 1.82) is 0 Å². The van der Waals surface area contributed by atoms with Crippen LogP contribution in [-0.2, 0) is 16.0 Å². The number of carbonyl (C=O) groups is 2. The van der Waals surface area contributed by atoms with Crippen molar-refractivity contribution in [3.05, 3.63) is 59.9 Å². The van der Waals surface area contributed by atoms with Gasteiger partial charge in [0.2, 0.25) is 11.8 Å². The molecular weight excluding hydrogens is 307 g/mol. The third-order valence-corrected chi connectivity index (χ3v) is 4.24. The standard InChI is InChI=1S/C19H19FN2O2/c1-2-13-6-8-17(9-7-13)22-12-14(10-18(22)23)19(24)21-16-5-3-4-15(20)11-16/h3-9,11,14H,2,10,12H2,1H3,(H,21,24)/t14-/m1/s1. The lowest BCUT2D eigenvalue weighted by molar-refractivity contribution is -0.122. The van der Waals surface area contributed by atoms with Crippen molar-refractivity contribution in [2.45, 2.75) is 19.8 Å². The quantitative estimate of drug-likeness (QED) is 0.936. The number of hydrogen-bond acceptors (Lipinski definition) is 2. The maximum atomic E-state index is 13.2. The summed E-state index contributed by atoms with van der Waals surface area (Å²) in [5.74, 6) is -1.18. The molecule has 1 atom stereocenters. The van der Waals surface area contributed by atoms with Crippen molar-refractivity contribution in [2.75, 3.05) is 16.8 Å². The van der Waals surface area contributed by atoms with Gasteiger partial charge in [0.1, 0.15) is 5.82 Å². The minimum Gasteiger partial charge on any atom is -0.326 e. The van der Waals surface area contributed by atoms with Crippen molar-refractivity contribution in [1.82, 2.24) is 0 Å². The molecular formula is C19H19FN2O2. The Morgan fingerprint density at radius 1 is 1.25 bits per heavy atom. The summed E-state index contributed by atoms with van der Waals surface area (Å²) in [5, 5.41) is 2.68. The molecule has 0 radical (unpaired) electrons. The third kappa shape index (κ3) is 3.45. The third-order valence-electron chi connectivity index (χ3n) is 4.24. The lowest BCUT2D eigenvalue weighted by Gasteiger charge is -2.17.